The first-order chi connectivity index (χ1) is 15.2. The minimum atomic E-state index is -4.91. The largest absolute Gasteiger partial charge is 0.420 e. The number of carbonyl (C=O) groups is 1. The molecular weight excluding hydrogens is 474 g/mol. The highest BCUT2D eigenvalue weighted by Crippen LogP contribution is 2.61. The molecule has 33 heavy (non-hydrogen) atoms. The summed E-state index contributed by atoms with van der Waals surface area (Å²) in [6, 6.07) is 2.65. The van der Waals surface area contributed by atoms with E-state index < -0.39 is 53.3 Å². The first-order valence-corrected chi connectivity index (χ1v) is 11.3. The number of thioether (sulfide) groups is 1. The van der Waals surface area contributed by atoms with Gasteiger partial charge in [0.25, 0.3) is 10.9 Å². The molecule has 2 aliphatic carbocycles. The average Bonchev–Trinajstić information content (AvgIpc) is 3.60. The number of hydrogen-bond acceptors (Lipinski definition) is 4. The zero-order chi connectivity index (χ0) is 24.3. The van der Waals surface area contributed by atoms with Gasteiger partial charge in [0.15, 0.2) is 0 Å². The molecule has 2 unspecified atom stereocenters. The van der Waals surface area contributed by atoms with Crippen molar-refractivity contribution in [2.45, 2.75) is 56.0 Å². The lowest BCUT2D eigenvalue weighted by Crippen LogP contribution is -2.32. The predicted octanol–water partition coefficient (Wildman–Crippen LogP) is 4.87. The van der Waals surface area contributed by atoms with E-state index in [-0.39, 0.29) is 17.8 Å². The summed E-state index contributed by atoms with van der Waals surface area (Å²) in [6.45, 7) is 0.873. The predicted molar refractivity (Wildman–Crippen MR) is 105 cm³/mol. The van der Waals surface area contributed by atoms with Crippen LogP contribution in [0.3, 0.4) is 0 Å². The fourth-order valence-corrected chi connectivity index (χ4v) is 4.57. The molecule has 4 rings (SSSR count). The Labute approximate surface area is 188 Å². The van der Waals surface area contributed by atoms with Crippen LogP contribution in [0.15, 0.2) is 23.4 Å². The molecule has 1 amide bonds. The minimum absolute atomic E-state index is 0.120. The van der Waals surface area contributed by atoms with Crippen molar-refractivity contribution in [3.63, 3.8) is 0 Å². The molecule has 0 radical (unpaired) electrons. The Kier molecular flexibility index (Phi) is 5.61. The Morgan fingerprint density at radius 2 is 2.00 bits per heavy atom. The molecule has 0 spiro atoms. The number of alkyl halides is 6. The van der Waals surface area contributed by atoms with Gasteiger partial charge in [0.1, 0.15) is 11.3 Å². The smallest absolute Gasteiger partial charge is 0.320 e. The molecular formula is C20H21F6N4O2S+. The molecule has 2 saturated carbocycles. The van der Waals surface area contributed by atoms with Crippen LogP contribution in [0.5, 0.6) is 0 Å². The van der Waals surface area contributed by atoms with E-state index in [1.165, 1.54) is 25.3 Å². The highest BCUT2D eigenvalue weighted by molar-refractivity contribution is 7.98. The van der Waals surface area contributed by atoms with Crippen molar-refractivity contribution < 1.29 is 41.1 Å². The number of rotatable bonds is 6. The van der Waals surface area contributed by atoms with E-state index in [2.05, 4.69) is 10.4 Å². The Bertz CT molecular complexity index is 1100. The molecule has 2 heterocycles. The molecule has 0 saturated heterocycles. The molecule has 2 N–H and O–H groups in total. The Hall–Kier alpha value is -2.44. The van der Waals surface area contributed by atoms with Crippen LogP contribution in [-0.2, 0) is 12.7 Å². The number of carbonyl (C=O) groups excluding carboxylic acids is 1. The van der Waals surface area contributed by atoms with Crippen LogP contribution in [0.4, 0.5) is 32.0 Å². The number of nitrogens with zero attached hydrogens (tertiary/aromatic N) is 3. The van der Waals surface area contributed by atoms with Crippen LogP contribution in [-0.4, -0.2) is 33.3 Å². The SMILES string of the molecule is CSc1cc(NC(=O)c2c(C(F)(F)F)c(C3CC3)nn2CC2(C)CC2C(F)(F)F)cc[n+]1O. The molecule has 2 aliphatic rings. The van der Waals surface area contributed by atoms with E-state index in [9.17, 15) is 36.3 Å². The third-order valence-electron chi connectivity index (χ3n) is 6.07. The summed E-state index contributed by atoms with van der Waals surface area (Å²) in [4.78, 5) is 13.1. The molecule has 0 bridgehead atoms. The topological polar surface area (TPSA) is 71.0 Å². The first kappa shape index (κ1) is 23.7. The van der Waals surface area contributed by atoms with Crippen LogP contribution in [0.1, 0.15) is 53.8 Å². The number of aromatic nitrogens is 3. The minimum Gasteiger partial charge on any atom is -0.320 e. The molecule has 180 valence electrons. The maximum atomic E-state index is 14.0. The summed E-state index contributed by atoms with van der Waals surface area (Å²) in [7, 11) is 0. The monoisotopic (exact) mass is 495 g/mol. The summed E-state index contributed by atoms with van der Waals surface area (Å²) >= 11 is 1.14. The number of pyridine rings is 1. The maximum Gasteiger partial charge on any atom is 0.420 e. The third kappa shape index (κ3) is 4.64. The third-order valence-corrected chi connectivity index (χ3v) is 6.79. The molecule has 2 fully saturated rings. The zero-order valence-electron chi connectivity index (χ0n) is 17.6. The van der Waals surface area contributed by atoms with Crippen molar-refractivity contribution in [1.29, 1.82) is 0 Å². The number of anilines is 1. The van der Waals surface area contributed by atoms with E-state index in [0.717, 1.165) is 21.2 Å². The van der Waals surface area contributed by atoms with Gasteiger partial charge in [-0.15, -0.1) is 0 Å². The second-order valence-electron chi connectivity index (χ2n) is 8.75. The van der Waals surface area contributed by atoms with Crippen LogP contribution < -0.4 is 10.0 Å². The summed E-state index contributed by atoms with van der Waals surface area (Å²) in [5, 5.41) is 16.4. The summed E-state index contributed by atoms with van der Waals surface area (Å²) < 4.78 is 83.3. The molecule has 0 aliphatic heterocycles. The van der Waals surface area contributed by atoms with E-state index >= 15 is 0 Å². The highest BCUT2D eigenvalue weighted by Gasteiger charge is 2.64. The quantitative estimate of drug-likeness (QED) is 0.260. The summed E-state index contributed by atoms with van der Waals surface area (Å²) in [6.07, 6.45) is -5.84. The lowest BCUT2D eigenvalue weighted by Gasteiger charge is -2.17. The molecule has 2 aromatic rings. The van der Waals surface area contributed by atoms with E-state index in [4.69, 9.17) is 0 Å². The highest BCUT2D eigenvalue weighted by atomic mass is 32.2. The van der Waals surface area contributed by atoms with Crippen molar-refractivity contribution in [2.75, 3.05) is 11.6 Å². The van der Waals surface area contributed by atoms with Crippen molar-refractivity contribution in [2.24, 2.45) is 11.3 Å². The standard InChI is InChI=1S/C20H20F6N4O2S/c1-18(8-12(18)19(21,22)23)9-29-16(14(20(24,25)26)15(28-29)10-3-4-10)17(31)27-11-5-6-30(32)13(7-11)33-2/h5-7,10,12,32H,3-4,8-9H2,1-2H3/p+1. The normalized spacial score (nSPS) is 23.0. The van der Waals surface area contributed by atoms with E-state index in [0.29, 0.717) is 17.9 Å². The van der Waals surface area contributed by atoms with Crippen LogP contribution in [0, 0.1) is 11.3 Å². The second kappa shape index (κ2) is 7.81. The zero-order valence-corrected chi connectivity index (χ0v) is 18.4. The lowest BCUT2D eigenvalue weighted by molar-refractivity contribution is -0.932. The fourth-order valence-electron chi connectivity index (χ4n) is 4.07. The number of nitrogens with one attached hydrogen (secondary N) is 1. The molecule has 13 heteroatoms. The van der Waals surface area contributed by atoms with Crippen molar-refractivity contribution >= 4 is 23.4 Å². The van der Waals surface area contributed by atoms with Gasteiger partial charge < -0.3 is 5.32 Å². The van der Waals surface area contributed by atoms with Gasteiger partial charge in [-0.05, 0) is 30.9 Å². The van der Waals surface area contributed by atoms with Gasteiger partial charge in [-0.1, -0.05) is 18.7 Å². The molecule has 0 aromatic carbocycles. The molecule has 6 nitrogen and oxygen atoms in total. The average molecular weight is 495 g/mol. The van der Waals surface area contributed by atoms with E-state index in [1.807, 2.05) is 0 Å². The van der Waals surface area contributed by atoms with Gasteiger partial charge in [0.2, 0.25) is 6.20 Å². The van der Waals surface area contributed by atoms with Crippen LogP contribution >= 0.6 is 11.8 Å². The molecule has 2 aromatic heterocycles. The Morgan fingerprint density at radius 3 is 2.52 bits per heavy atom. The summed E-state index contributed by atoms with van der Waals surface area (Å²) in [5.41, 5.74) is -3.52. The maximum absolute atomic E-state index is 14.0. The van der Waals surface area contributed by atoms with Crippen molar-refractivity contribution in [1.82, 2.24) is 9.78 Å². The van der Waals surface area contributed by atoms with Crippen LogP contribution in [0.2, 0.25) is 0 Å². The summed E-state index contributed by atoms with van der Waals surface area (Å²) in [5.74, 6) is -3.27. The Balaban J connectivity index is 1.74. The lowest BCUT2D eigenvalue weighted by atomic mass is 10.1. The number of amides is 1. The van der Waals surface area contributed by atoms with Gasteiger partial charge in [-0.25, -0.2) is 0 Å². The van der Waals surface area contributed by atoms with Gasteiger partial charge in [-0.2, -0.15) is 31.4 Å². The van der Waals surface area contributed by atoms with Crippen LogP contribution in [0.25, 0.3) is 0 Å². The fraction of sp³-hybridized carbons (Fsp3) is 0.550. The van der Waals surface area contributed by atoms with E-state index in [1.54, 1.807) is 6.26 Å². The number of hydrogen-bond donors (Lipinski definition) is 2. The second-order valence-corrected chi connectivity index (χ2v) is 9.57. The van der Waals surface area contributed by atoms with Crippen molar-refractivity contribution in [3.8, 4) is 0 Å². The number of halogens is 6. The van der Waals surface area contributed by atoms with Gasteiger partial charge in [-0.3, -0.25) is 14.7 Å². The van der Waals surface area contributed by atoms with Gasteiger partial charge >= 0.3 is 12.4 Å². The first-order valence-electron chi connectivity index (χ1n) is 10.1. The van der Waals surface area contributed by atoms with Crippen molar-refractivity contribution in [3.05, 3.63) is 35.3 Å². The van der Waals surface area contributed by atoms with Gasteiger partial charge in [0, 0.05) is 29.3 Å². The molecule has 2 atom stereocenters. The van der Waals surface area contributed by atoms with Gasteiger partial charge in [0.05, 0.1) is 17.3 Å². The Morgan fingerprint density at radius 1 is 1.33 bits per heavy atom.